The summed E-state index contributed by atoms with van der Waals surface area (Å²) in [5.41, 5.74) is 3.88. The number of aliphatic imine (C=N–C) groups is 1. The van der Waals surface area contributed by atoms with Crippen molar-refractivity contribution in [2.45, 2.75) is 13.3 Å². The minimum atomic E-state index is -0.209. The average molecular weight is 437 g/mol. The van der Waals surface area contributed by atoms with E-state index in [1.807, 2.05) is 60.7 Å². The maximum Gasteiger partial charge on any atom is 0.262 e. The fourth-order valence-corrected chi connectivity index (χ4v) is 3.05. The summed E-state index contributed by atoms with van der Waals surface area (Å²) in [4.78, 5) is 16.5. The first-order valence-corrected chi connectivity index (χ1v) is 9.83. The summed E-state index contributed by atoms with van der Waals surface area (Å²) >= 11 is 3.49. The van der Waals surface area contributed by atoms with Gasteiger partial charge in [0, 0.05) is 11.9 Å². The largest absolute Gasteiger partial charge is 0.483 e. The summed E-state index contributed by atoms with van der Waals surface area (Å²) in [7, 11) is 0. The molecule has 4 nitrogen and oxygen atoms in total. The number of hydrogen-bond acceptors (Lipinski definition) is 3. The second-order valence-corrected chi connectivity index (χ2v) is 7.03. The minimum absolute atomic E-state index is 0.0648. The number of carbonyl (C=O) groups is 1. The topological polar surface area (TPSA) is 50.7 Å². The molecule has 0 bridgehead atoms. The summed E-state index contributed by atoms with van der Waals surface area (Å²) in [6.45, 7) is 2.06. The minimum Gasteiger partial charge on any atom is -0.483 e. The number of para-hydroxylation sites is 1. The summed E-state index contributed by atoms with van der Waals surface area (Å²) < 4.78 is 6.38. The molecule has 0 unspecified atom stereocenters. The highest BCUT2D eigenvalue weighted by atomic mass is 79.9. The molecule has 0 aliphatic rings. The molecule has 0 aliphatic heterocycles. The third-order valence-corrected chi connectivity index (χ3v) is 4.70. The Bertz CT molecular complexity index is 954. The molecule has 142 valence electrons. The van der Waals surface area contributed by atoms with E-state index in [4.69, 9.17) is 4.74 Å². The number of aryl methyl sites for hydroxylation is 1. The summed E-state index contributed by atoms with van der Waals surface area (Å²) in [6.07, 6.45) is 2.82. The Hall–Kier alpha value is -2.92. The zero-order valence-electron chi connectivity index (χ0n) is 15.6. The quantitative estimate of drug-likeness (QED) is 0.477. The Labute approximate surface area is 173 Å². The molecule has 28 heavy (non-hydrogen) atoms. The molecule has 0 heterocycles. The van der Waals surface area contributed by atoms with E-state index in [9.17, 15) is 4.79 Å². The molecule has 0 saturated carbocycles. The van der Waals surface area contributed by atoms with Gasteiger partial charge in [-0.25, -0.2) is 0 Å². The van der Waals surface area contributed by atoms with E-state index >= 15 is 0 Å². The van der Waals surface area contributed by atoms with Crippen molar-refractivity contribution in [3.8, 4) is 5.75 Å². The van der Waals surface area contributed by atoms with Crippen LogP contribution in [-0.2, 0) is 11.2 Å². The molecule has 1 amide bonds. The van der Waals surface area contributed by atoms with Crippen LogP contribution in [0.3, 0.4) is 0 Å². The van der Waals surface area contributed by atoms with E-state index in [2.05, 4.69) is 45.3 Å². The van der Waals surface area contributed by atoms with Crippen molar-refractivity contribution >= 4 is 39.4 Å². The Kier molecular flexibility index (Phi) is 6.98. The normalized spacial score (nSPS) is 10.8. The Morgan fingerprint density at radius 2 is 1.82 bits per heavy atom. The van der Waals surface area contributed by atoms with Crippen molar-refractivity contribution in [3.05, 3.63) is 88.4 Å². The second-order valence-electron chi connectivity index (χ2n) is 6.17. The van der Waals surface area contributed by atoms with Gasteiger partial charge in [-0.15, -0.1) is 0 Å². The lowest BCUT2D eigenvalue weighted by Gasteiger charge is -2.09. The lowest BCUT2D eigenvalue weighted by atomic mass is 10.1. The summed E-state index contributed by atoms with van der Waals surface area (Å²) in [5, 5.41) is 2.79. The molecule has 3 rings (SSSR count). The van der Waals surface area contributed by atoms with E-state index in [0.717, 1.165) is 27.8 Å². The molecule has 0 saturated heterocycles. The van der Waals surface area contributed by atoms with Crippen molar-refractivity contribution in [2.75, 3.05) is 11.9 Å². The van der Waals surface area contributed by atoms with Crippen LogP contribution in [0.15, 0.2) is 82.3 Å². The van der Waals surface area contributed by atoms with Crippen molar-refractivity contribution < 1.29 is 9.53 Å². The number of benzene rings is 3. The SMILES string of the molecule is CCc1ccc(N=Cc2ccc(OCC(=O)Nc3ccccc3)c(Br)c2)cc1. The predicted molar refractivity (Wildman–Crippen MR) is 118 cm³/mol. The lowest BCUT2D eigenvalue weighted by molar-refractivity contribution is -0.118. The highest BCUT2D eigenvalue weighted by Crippen LogP contribution is 2.26. The third kappa shape index (κ3) is 5.79. The number of ether oxygens (including phenoxy) is 1. The number of nitrogens with one attached hydrogen (secondary N) is 1. The number of anilines is 1. The zero-order chi connectivity index (χ0) is 19.8. The van der Waals surface area contributed by atoms with Crippen LogP contribution in [0.2, 0.25) is 0 Å². The van der Waals surface area contributed by atoms with E-state index < -0.39 is 0 Å². The highest BCUT2D eigenvalue weighted by molar-refractivity contribution is 9.10. The molecular weight excluding hydrogens is 416 g/mol. The summed E-state index contributed by atoms with van der Waals surface area (Å²) in [6, 6.07) is 23.1. The number of rotatable bonds is 7. The number of carbonyl (C=O) groups excluding carboxylic acids is 1. The number of hydrogen-bond donors (Lipinski definition) is 1. The van der Waals surface area contributed by atoms with E-state index in [1.54, 1.807) is 6.21 Å². The lowest BCUT2D eigenvalue weighted by Crippen LogP contribution is -2.20. The molecule has 0 aromatic heterocycles. The van der Waals surface area contributed by atoms with Crippen LogP contribution in [0, 0.1) is 0 Å². The van der Waals surface area contributed by atoms with Gasteiger partial charge in [0.25, 0.3) is 5.91 Å². The van der Waals surface area contributed by atoms with Gasteiger partial charge in [0.1, 0.15) is 5.75 Å². The van der Waals surface area contributed by atoms with E-state index in [1.165, 1.54) is 5.56 Å². The van der Waals surface area contributed by atoms with Gasteiger partial charge in [-0.2, -0.15) is 0 Å². The molecule has 0 radical (unpaired) electrons. The van der Waals surface area contributed by atoms with Crippen LogP contribution in [0.4, 0.5) is 11.4 Å². The van der Waals surface area contributed by atoms with Crippen LogP contribution in [-0.4, -0.2) is 18.7 Å². The maximum atomic E-state index is 12.0. The van der Waals surface area contributed by atoms with Gasteiger partial charge in [0.2, 0.25) is 0 Å². The van der Waals surface area contributed by atoms with Gasteiger partial charge >= 0.3 is 0 Å². The Morgan fingerprint density at radius 1 is 1.07 bits per heavy atom. The fraction of sp³-hybridized carbons (Fsp3) is 0.130. The molecule has 0 spiro atoms. The summed E-state index contributed by atoms with van der Waals surface area (Å²) in [5.74, 6) is 0.395. The predicted octanol–water partition coefficient (Wildman–Crippen LogP) is 5.78. The molecule has 0 atom stereocenters. The fourth-order valence-electron chi connectivity index (χ4n) is 2.54. The van der Waals surface area contributed by atoms with Crippen LogP contribution in [0.25, 0.3) is 0 Å². The number of nitrogens with zero attached hydrogens (tertiary/aromatic N) is 1. The standard InChI is InChI=1S/C23H21BrN2O2/c1-2-17-8-11-19(12-9-17)25-15-18-10-13-22(21(24)14-18)28-16-23(27)26-20-6-4-3-5-7-20/h3-15H,2,16H2,1H3,(H,26,27). The van der Waals surface area contributed by atoms with Gasteiger partial charge in [-0.1, -0.05) is 37.3 Å². The molecule has 1 N–H and O–H groups in total. The van der Waals surface area contributed by atoms with Gasteiger partial charge in [-0.05, 0) is 75.9 Å². The van der Waals surface area contributed by atoms with Crippen LogP contribution in [0.5, 0.6) is 5.75 Å². The van der Waals surface area contributed by atoms with Crippen molar-refractivity contribution in [3.63, 3.8) is 0 Å². The highest BCUT2D eigenvalue weighted by Gasteiger charge is 2.06. The first-order valence-electron chi connectivity index (χ1n) is 9.04. The first-order chi connectivity index (χ1) is 13.6. The average Bonchev–Trinajstić information content (AvgIpc) is 2.72. The second kappa shape index (κ2) is 9.85. The number of halogens is 1. The molecule has 3 aromatic rings. The Morgan fingerprint density at radius 3 is 2.50 bits per heavy atom. The van der Waals surface area contributed by atoms with Crippen molar-refractivity contribution in [1.29, 1.82) is 0 Å². The van der Waals surface area contributed by atoms with Gasteiger partial charge < -0.3 is 10.1 Å². The maximum absolute atomic E-state index is 12.0. The molecule has 5 heteroatoms. The first kappa shape index (κ1) is 19.8. The molecule has 0 aliphatic carbocycles. The molecular formula is C23H21BrN2O2. The monoisotopic (exact) mass is 436 g/mol. The Balaban J connectivity index is 1.57. The van der Waals surface area contributed by atoms with Crippen LogP contribution >= 0.6 is 15.9 Å². The molecule has 0 fully saturated rings. The third-order valence-electron chi connectivity index (χ3n) is 4.08. The smallest absolute Gasteiger partial charge is 0.262 e. The van der Waals surface area contributed by atoms with Gasteiger partial charge in [0.05, 0.1) is 10.2 Å². The van der Waals surface area contributed by atoms with Crippen molar-refractivity contribution in [1.82, 2.24) is 0 Å². The molecule has 3 aromatic carbocycles. The van der Waals surface area contributed by atoms with Gasteiger partial charge in [0.15, 0.2) is 6.61 Å². The zero-order valence-corrected chi connectivity index (χ0v) is 17.1. The van der Waals surface area contributed by atoms with Crippen LogP contribution in [0.1, 0.15) is 18.1 Å². The van der Waals surface area contributed by atoms with Gasteiger partial charge in [-0.3, -0.25) is 9.79 Å². The van der Waals surface area contributed by atoms with Crippen LogP contribution < -0.4 is 10.1 Å². The number of amides is 1. The van der Waals surface area contributed by atoms with Crippen molar-refractivity contribution in [2.24, 2.45) is 4.99 Å². The van der Waals surface area contributed by atoms with E-state index in [0.29, 0.717) is 5.75 Å². The van der Waals surface area contributed by atoms with E-state index in [-0.39, 0.29) is 12.5 Å².